The Labute approximate surface area is 126 Å². The smallest absolute Gasteiger partial charge is 0.231 e. The monoisotopic (exact) mass is 307 g/mol. The summed E-state index contributed by atoms with van der Waals surface area (Å²) in [6, 6.07) is 4.12. The van der Waals surface area contributed by atoms with Gasteiger partial charge in [0.25, 0.3) is 0 Å². The van der Waals surface area contributed by atoms with Crippen LogP contribution in [0.2, 0.25) is 0 Å². The number of rotatable bonds is 4. The molecule has 1 aliphatic heterocycles. The van der Waals surface area contributed by atoms with Crippen LogP contribution < -0.4 is 10.2 Å². The number of nitrogens with zero attached hydrogens (tertiary/aromatic N) is 4. The van der Waals surface area contributed by atoms with Crippen molar-refractivity contribution in [2.24, 2.45) is 0 Å². The third kappa shape index (κ3) is 3.21. The van der Waals surface area contributed by atoms with Gasteiger partial charge >= 0.3 is 0 Å². The number of hydrogen-bond donors (Lipinski definition) is 1. The van der Waals surface area contributed by atoms with Crippen molar-refractivity contribution in [3.05, 3.63) is 17.5 Å². The van der Waals surface area contributed by atoms with Gasteiger partial charge in [0, 0.05) is 20.1 Å². The van der Waals surface area contributed by atoms with Crippen LogP contribution in [-0.2, 0) is 0 Å². The molecule has 0 bridgehead atoms. The first-order valence-electron chi connectivity index (χ1n) is 6.75. The van der Waals surface area contributed by atoms with Gasteiger partial charge in [-0.25, -0.2) is 0 Å². The Hall–Kier alpha value is -1.34. The highest BCUT2D eigenvalue weighted by atomic mass is 32.2. The maximum absolute atomic E-state index is 4.61. The molecule has 7 heteroatoms. The number of thiophene rings is 1. The molecule has 20 heavy (non-hydrogen) atoms. The summed E-state index contributed by atoms with van der Waals surface area (Å²) in [5.41, 5.74) is 0. The van der Waals surface area contributed by atoms with Crippen molar-refractivity contribution in [1.82, 2.24) is 15.0 Å². The van der Waals surface area contributed by atoms with E-state index in [0.29, 0.717) is 5.95 Å². The van der Waals surface area contributed by atoms with Crippen molar-refractivity contribution in [2.75, 3.05) is 30.4 Å². The number of nitrogens with one attached hydrogen (secondary N) is 1. The minimum atomic E-state index is 0.639. The van der Waals surface area contributed by atoms with Crippen LogP contribution in [0.4, 0.5) is 11.9 Å². The van der Waals surface area contributed by atoms with Crippen molar-refractivity contribution >= 4 is 35.0 Å². The number of hydrogen-bond acceptors (Lipinski definition) is 7. The minimum Gasteiger partial charge on any atom is -0.357 e. The molecule has 3 heterocycles. The number of anilines is 2. The van der Waals surface area contributed by atoms with Gasteiger partial charge in [0.05, 0.1) is 4.21 Å². The molecule has 0 radical (unpaired) electrons. The van der Waals surface area contributed by atoms with E-state index in [2.05, 4.69) is 36.6 Å². The summed E-state index contributed by atoms with van der Waals surface area (Å²) in [6.45, 7) is 2.08. The quantitative estimate of drug-likeness (QED) is 0.936. The maximum Gasteiger partial charge on any atom is 0.231 e. The highest BCUT2D eigenvalue weighted by molar-refractivity contribution is 8.01. The predicted octanol–water partition coefficient (Wildman–Crippen LogP) is 3.12. The lowest BCUT2D eigenvalue weighted by Gasteiger charge is -2.26. The van der Waals surface area contributed by atoms with Gasteiger partial charge in [-0.3, -0.25) is 0 Å². The predicted molar refractivity (Wildman–Crippen MR) is 83.9 cm³/mol. The summed E-state index contributed by atoms with van der Waals surface area (Å²) in [6.07, 6.45) is 3.74. The van der Waals surface area contributed by atoms with E-state index in [1.165, 1.54) is 23.5 Å². The molecular weight excluding hydrogens is 290 g/mol. The van der Waals surface area contributed by atoms with Crippen LogP contribution in [0.25, 0.3) is 0 Å². The van der Waals surface area contributed by atoms with Gasteiger partial charge in [-0.2, -0.15) is 15.0 Å². The van der Waals surface area contributed by atoms with Crippen LogP contribution in [0.15, 0.2) is 26.9 Å². The van der Waals surface area contributed by atoms with Gasteiger partial charge < -0.3 is 10.2 Å². The molecule has 1 aliphatic rings. The van der Waals surface area contributed by atoms with E-state index in [1.54, 1.807) is 23.1 Å². The molecule has 2 aromatic rings. The Bertz CT molecular complexity index is 552. The summed E-state index contributed by atoms with van der Waals surface area (Å²) in [4.78, 5) is 15.8. The Morgan fingerprint density at radius 3 is 2.75 bits per heavy atom. The molecule has 0 atom stereocenters. The van der Waals surface area contributed by atoms with Crippen LogP contribution in [-0.4, -0.2) is 35.1 Å². The van der Waals surface area contributed by atoms with Crippen molar-refractivity contribution in [3.63, 3.8) is 0 Å². The van der Waals surface area contributed by atoms with Crippen LogP contribution in [0, 0.1) is 0 Å². The van der Waals surface area contributed by atoms with E-state index < -0.39 is 0 Å². The summed E-state index contributed by atoms with van der Waals surface area (Å²) < 4.78 is 1.20. The van der Waals surface area contributed by atoms with E-state index in [-0.39, 0.29) is 0 Å². The number of piperidine rings is 1. The molecule has 0 saturated carbocycles. The Morgan fingerprint density at radius 1 is 1.20 bits per heavy atom. The lowest BCUT2D eigenvalue weighted by Crippen LogP contribution is -2.31. The lowest BCUT2D eigenvalue weighted by molar-refractivity contribution is 0.565. The first kappa shape index (κ1) is 13.6. The third-order valence-corrected chi connectivity index (χ3v) is 5.06. The van der Waals surface area contributed by atoms with E-state index in [0.717, 1.165) is 24.2 Å². The molecule has 0 aliphatic carbocycles. The Morgan fingerprint density at radius 2 is 2.05 bits per heavy atom. The lowest BCUT2D eigenvalue weighted by atomic mass is 10.1. The molecule has 0 spiro atoms. The zero-order chi connectivity index (χ0) is 13.8. The van der Waals surface area contributed by atoms with Crippen molar-refractivity contribution in [3.8, 4) is 0 Å². The molecule has 3 rings (SSSR count). The summed E-state index contributed by atoms with van der Waals surface area (Å²) in [5, 5.41) is 5.85. The van der Waals surface area contributed by atoms with Gasteiger partial charge in [0.15, 0.2) is 5.16 Å². The van der Waals surface area contributed by atoms with E-state index >= 15 is 0 Å². The third-order valence-electron chi connectivity index (χ3n) is 3.15. The second kappa shape index (κ2) is 6.41. The molecule has 0 unspecified atom stereocenters. The summed E-state index contributed by atoms with van der Waals surface area (Å²) in [5.74, 6) is 1.43. The van der Waals surface area contributed by atoms with Crippen LogP contribution in [0.3, 0.4) is 0 Å². The topological polar surface area (TPSA) is 53.9 Å². The molecule has 106 valence electrons. The second-order valence-corrected chi connectivity index (χ2v) is 6.79. The number of aromatic nitrogens is 3. The average molecular weight is 307 g/mol. The molecular formula is C13H17N5S2. The largest absolute Gasteiger partial charge is 0.357 e. The van der Waals surface area contributed by atoms with Crippen molar-refractivity contribution < 1.29 is 0 Å². The average Bonchev–Trinajstić information content (AvgIpc) is 3.00. The Kier molecular flexibility index (Phi) is 4.37. The molecule has 1 saturated heterocycles. The standard InChI is InChI=1S/C13H17N5S2/c1-14-11-15-12(18-7-3-2-4-8-18)17-13(16-11)20-10-6-5-9-19-10/h5-6,9H,2-4,7-8H2,1H3,(H,14,15,16,17). The fourth-order valence-electron chi connectivity index (χ4n) is 2.15. The van der Waals surface area contributed by atoms with Gasteiger partial charge in [0.1, 0.15) is 0 Å². The van der Waals surface area contributed by atoms with Gasteiger partial charge in [-0.1, -0.05) is 6.07 Å². The SMILES string of the molecule is CNc1nc(Sc2cccs2)nc(N2CCCCC2)n1. The van der Waals surface area contributed by atoms with Crippen LogP contribution in [0.1, 0.15) is 19.3 Å². The minimum absolute atomic E-state index is 0.639. The fraction of sp³-hybridized carbons (Fsp3) is 0.462. The summed E-state index contributed by atoms with van der Waals surface area (Å²) >= 11 is 3.29. The van der Waals surface area contributed by atoms with Gasteiger partial charge in [-0.05, 0) is 42.5 Å². The van der Waals surface area contributed by atoms with Crippen molar-refractivity contribution in [2.45, 2.75) is 28.6 Å². The van der Waals surface area contributed by atoms with Crippen LogP contribution in [0.5, 0.6) is 0 Å². The molecule has 0 aromatic carbocycles. The second-order valence-electron chi connectivity index (χ2n) is 4.57. The van der Waals surface area contributed by atoms with Gasteiger partial charge in [-0.15, -0.1) is 11.3 Å². The van der Waals surface area contributed by atoms with Gasteiger partial charge in [0.2, 0.25) is 11.9 Å². The normalized spacial score (nSPS) is 15.3. The van der Waals surface area contributed by atoms with E-state index in [4.69, 9.17) is 0 Å². The molecule has 1 N–H and O–H groups in total. The maximum atomic E-state index is 4.61. The zero-order valence-corrected chi connectivity index (χ0v) is 13.0. The fourth-order valence-corrected chi connectivity index (χ4v) is 3.77. The first-order chi connectivity index (χ1) is 9.85. The van der Waals surface area contributed by atoms with Crippen molar-refractivity contribution in [1.29, 1.82) is 0 Å². The highest BCUT2D eigenvalue weighted by Gasteiger charge is 2.16. The molecule has 5 nitrogen and oxygen atoms in total. The molecule has 0 amide bonds. The molecule has 2 aromatic heterocycles. The summed E-state index contributed by atoms with van der Waals surface area (Å²) in [7, 11) is 1.84. The van der Waals surface area contributed by atoms with E-state index in [1.807, 2.05) is 13.1 Å². The first-order valence-corrected chi connectivity index (χ1v) is 8.45. The zero-order valence-electron chi connectivity index (χ0n) is 11.4. The van der Waals surface area contributed by atoms with Crippen LogP contribution >= 0.6 is 23.1 Å². The van der Waals surface area contributed by atoms with E-state index in [9.17, 15) is 0 Å². The highest BCUT2D eigenvalue weighted by Crippen LogP contribution is 2.30. The Balaban J connectivity index is 1.85. The molecule has 1 fully saturated rings.